The van der Waals surface area contributed by atoms with Crippen LogP contribution in [0.1, 0.15) is 28.7 Å². The van der Waals surface area contributed by atoms with E-state index in [9.17, 15) is 15.3 Å². The van der Waals surface area contributed by atoms with Crippen molar-refractivity contribution in [1.29, 1.82) is 10.5 Å². The predicted octanol–water partition coefficient (Wildman–Crippen LogP) is 3.37. The maximum absolute atomic E-state index is 12.3. The monoisotopic (exact) mass is 357 g/mol. The van der Waals surface area contributed by atoms with E-state index in [1.165, 1.54) is 4.57 Å². The average Bonchev–Trinajstić information content (AvgIpc) is 2.80. The molecule has 0 unspecified atom stereocenters. The number of carbonyl (C=O) groups is 1. The van der Waals surface area contributed by atoms with Crippen molar-refractivity contribution in [3.63, 3.8) is 0 Å². The summed E-state index contributed by atoms with van der Waals surface area (Å²) >= 11 is 3.35. The van der Waals surface area contributed by atoms with Crippen LogP contribution in [-0.2, 0) is 11.8 Å². The number of benzene rings is 1. The fourth-order valence-corrected chi connectivity index (χ4v) is 2.52. The molecule has 0 atom stereocenters. The molecular weight excluding hydrogens is 346 g/mol. The smallest absolute Gasteiger partial charge is 0.355 e. The lowest BCUT2D eigenvalue weighted by atomic mass is 10.0. The summed E-state index contributed by atoms with van der Waals surface area (Å²) in [6.45, 7) is 1.92. The van der Waals surface area contributed by atoms with Crippen molar-refractivity contribution in [2.45, 2.75) is 6.92 Å². The number of rotatable bonds is 3. The Morgan fingerprint density at radius 3 is 2.41 bits per heavy atom. The van der Waals surface area contributed by atoms with Gasteiger partial charge in [-0.3, -0.25) is 0 Å². The second-order valence-electron chi connectivity index (χ2n) is 4.46. The first kappa shape index (κ1) is 15.8. The predicted molar refractivity (Wildman–Crippen MR) is 83.9 cm³/mol. The quantitative estimate of drug-likeness (QED) is 0.788. The third-order valence-electron chi connectivity index (χ3n) is 3.21. The van der Waals surface area contributed by atoms with E-state index in [2.05, 4.69) is 15.9 Å². The SMILES string of the molecule is CCOC(=O)c1c(-c2ccc(Br)cc2)c(C#N)c(C#N)n1C. The van der Waals surface area contributed by atoms with Crippen LogP contribution in [0.25, 0.3) is 11.1 Å². The maximum Gasteiger partial charge on any atom is 0.355 e. The average molecular weight is 358 g/mol. The van der Waals surface area contributed by atoms with Crippen LogP contribution in [0, 0.1) is 22.7 Å². The molecule has 0 spiro atoms. The first-order valence-electron chi connectivity index (χ1n) is 6.51. The van der Waals surface area contributed by atoms with Crippen LogP contribution in [0.3, 0.4) is 0 Å². The third-order valence-corrected chi connectivity index (χ3v) is 3.74. The van der Waals surface area contributed by atoms with E-state index in [0.717, 1.165) is 4.47 Å². The Bertz CT molecular complexity index is 808. The van der Waals surface area contributed by atoms with Crippen molar-refractivity contribution in [2.75, 3.05) is 6.61 Å². The molecule has 0 radical (unpaired) electrons. The van der Waals surface area contributed by atoms with Crippen LogP contribution in [0.5, 0.6) is 0 Å². The molecule has 0 N–H and O–H groups in total. The van der Waals surface area contributed by atoms with Gasteiger partial charge in [0.2, 0.25) is 0 Å². The van der Waals surface area contributed by atoms with Crippen molar-refractivity contribution in [2.24, 2.45) is 7.05 Å². The Kier molecular flexibility index (Phi) is 4.65. The molecule has 2 rings (SSSR count). The van der Waals surface area contributed by atoms with E-state index < -0.39 is 5.97 Å². The van der Waals surface area contributed by atoms with Crippen molar-refractivity contribution < 1.29 is 9.53 Å². The number of aromatic nitrogens is 1. The number of carbonyl (C=O) groups excluding carboxylic acids is 1. The molecule has 0 saturated heterocycles. The lowest BCUT2D eigenvalue weighted by molar-refractivity contribution is 0.0516. The molecule has 0 aliphatic heterocycles. The topological polar surface area (TPSA) is 78.8 Å². The first-order valence-corrected chi connectivity index (χ1v) is 7.30. The molecule has 5 nitrogen and oxygen atoms in total. The van der Waals surface area contributed by atoms with Crippen molar-refractivity contribution in [3.05, 3.63) is 45.7 Å². The van der Waals surface area contributed by atoms with Crippen molar-refractivity contribution in [3.8, 4) is 23.3 Å². The van der Waals surface area contributed by atoms with Crippen LogP contribution in [-0.4, -0.2) is 17.1 Å². The Hall–Kier alpha value is -2.57. The summed E-state index contributed by atoms with van der Waals surface area (Å²) < 4.78 is 7.35. The van der Waals surface area contributed by atoms with E-state index >= 15 is 0 Å². The van der Waals surface area contributed by atoms with Gasteiger partial charge in [0, 0.05) is 17.1 Å². The van der Waals surface area contributed by atoms with E-state index in [-0.39, 0.29) is 23.6 Å². The molecular formula is C16H12BrN3O2. The third kappa shape index (κ3) is 2.61. The van der Waals surface area contributed by atoms with Crippen LogP contribution in [0.15, 0.2) is 28.7 Å². The highest BCUT2D eigenvalue weighted by atomic mass is 79.9. The molecule has 110 valence electrons. The summed E-state index contributed by atoms with van der Waals surface area (Å²) in [4.78, 5) is 12.3. The Morgan fingerprint density at radius 1 is 1.27 bits per heavy atom. The standard InChI is InChI=1S/C16H12BrN3O2/c1-3-22-16(21)15-14(10-4-6-11(17)7-5-10)12(8-18)13(9-19)20(15)2/h4-7H,3H2,1-2H3. The number of nitrogens with zero attached hydrogens (tertiary/aromatic N) is 3. The fraction of sp³-hybridized carbons (Fsp3) is 0.188. The molecule has 1 heterocycles. The number of esters is 1. The van der Waals surface area contributed by atoms with Gasteiger partial charge in [-0.15, -0.1) is 0 Å². The molecule has 1 aromatic heterocycles. The minimum absolute atomic E-state index is 0.142. The Morgan fingerprint density at radius 2 is 1.91 bits per heavy atom. The zero-order valence-corrected chi connectivity index (χ0v) is 13.6. The number of hydrogen-bond donors (Lipinski definition) is 0. The van der Waals surface area contributed by atoms with Crippen molar-refractivity contribution >= 4 is 21.9 Å². The van der Waals surface area contributed by atoms with Crippen molar-refractivity contribution in [1.82, 2.24) is 4.57 Å². The van der Waals surface area contributed by atoms with Gasteiger partial charge in [0.1, 0.15) is 23.5 Å². The highest BCUT2D eigenvalue weighted by Gasteiger charge is 2.27. The summed E-state index contributed by atoms with van der Waals surface area (Å²) in [5, 5.41) is 18.7. The summed E-state index contributed by atoms with van der Waals surface area (Å²) in [6.07, 6.45) is 0. The summed E-state index contributed by atoms with van der Waals surface area (Å²) in [5.74, 6) is -0.555. The van der Waals surface area contributed by atoms with E-state index in [0.29, 0.717) is 11.1 Å². The Labute approximate surface area is 136 Å². The number of ether oxygens (including phenoxy) is 1. The lowest BCUT2D eigenvalue weighted by Crippen LogP contribution is -2.11. The highest BCUT2D eigenvalue weighted by Crippen LogP contribution is 2.33. The second-order valence-corrected chi connectivity index (χ2v) is 5.37. The molecule has 22 heavy (non-hydrogen) atoms. The zero-order valence-electron chi connectivity index (χ0n) is 12.1. The molecule has 0 bridgehead atoms. The summed E-state index contributed by atoms with van der Waals surface area (Å²) in [7, 11) is 1.58. The lowest BCUT2D eigenvalue weighted by Gasteiger charge is -2.07. The van der Waals surface area contributed by atoms with E-state index in [4.69, 9.17) is 4.74 Å². The number of nitriles is 2. The number of hydrogen-bond acceptors (Lipinski definition) is 4. The summed E-state index contributed by atoms with van der Waals surface area (Å²) in [6, 6.07) is 11.2. The molecule has 6 heteroatoms. The minimum Gasteiger partial charge on any atom is -0.461 e. The van der Waals surface area contributed by atoms with Crippen LogP contribution in [0.4, 0.5) is 0 Å². The first-order chi connectivity index (χ1) is 10.5. The summed E-state index contributed by atoms with van der Waals surface area (Å²) in [5.41, 5.74) is 1.63. The molecule has 0 aliphatic carbocycles. The van der Waals surface area contributed by atoms with Crippen LogP contribution < -0.4 is 0 Å². The van der Waals surface area contributed by atoms with Gasteiger partial charge in [-0.2, -0.15) is 10.5 Å². The minimum atomic E-state index is -0.555. The molecule has 0 aliphatic rings. The fourth-order valence-electron chi connectivity index (χ4n) is 2.26. The molecule has 0 amide bonds. The zero-order chi connectivity index (χ0) is 16.3. The largest absolute Gasteiger partial charge is 0.461 e. The van der Waals surface area contributed by atoms with Gasteiger partial charge in [0.25, 0.3) is 0 Å². The van der Waals surface area contributed by atoms with Gasteiger partial charge >= 0.3 is 5.97 Å². The van der Waals surface area contributed by atoms with Gasteiger partial charge < -0.3 is 9.30 Å². The molecule has 0 fully saturated rings. The van der Waals surface area contributed by atoms with E-state index in [1.807, 2.05) is 24.3 Å². The van der Waals surface area contributed by atoms with E-state index in [1.54, 1.807) is 26.1 Å². The van der Waals surface area contributed by atoms with Gasteiger partial charge in [-0.1, -0.05) is 28.1 Å². The Balaban J connectivity index is 2.80. The van der Waals surface area contributed by atoms with Gasteiger partial charge in [0.15, 0.2) is 0 Å². The molecule has 2 aromatic rings. The number of halogens is 1. The normalized spacial score (nSPS) is 9.86. The van der Waals surface area contributed by atoms with Gasteiger partial charge in [-0.25, -0.2) is 4.79 Å². The van der Waals surface area contributed by atoms with Gasteiger partial charge in [-0.05, 0) is 24.6 Å². The maximum atomic E-state index is 12.3. The highest BCUT2D eigenvalue weighted by molar-refractivity contribution is 9.10. The molecule has 1 aromatic carbocycles. The van der Waals surface area contributed by atoms with Crippen LogP contribution in [0.2, 0.25) is 0 Å². The second kappa shape index (κ2) is 6.46. The molecule has 0 saturated carbocycles. The van der Waals surface area contributed by atoms with Crippen LogP contribution >= 0.6 is 15.9 Å². The van der Waals surface area contributed by atoms with Gasteiger partial charge in [0.05, 0.1) is 12.2 Å².